The van der Waals surface area contributed by atoms with Crippen LogP contribution in [0.3, 0.4) is 0 Å². The first-order valence-corrected chi connectivity index (χ1v) is 5.55. The van der Waals surface area contributed by atoms with E-state index in [1.807, 2.05) is 13.8 Å². The summed E-state index contributed by atoms with van der Waals surface area (Å²) in [4.78, 5) is 0. The van der Waals surface area contributed by atoms with E-state index in [0.29, 0.717) is 12.8 Å². The third-order valence-corrected chi connectivity index (χ3v) is 4.16. The summed E-state index contributed by atoms with van der Waals surface area (Å²) in [5.41, 5.74) is 5.08. The van der Waals surface area contributed by atoms with Gasteiger partial charge in [0.05, 0.1) is 0 Å². The number of alkyl halides is 2. The van der Waals surface area contributed by atoms with E-state index >= 15 is 0 Å². The van der Waals surface area contributed by atoms with Crippen LogP contribution < -0.4 is 5.73 Å². The highest BCUT2D eigenvalue weighted by Crippen LogP contribution is 2.74. The SMILES string of the molecule is CC(C)C1C(F)(F)C12CCC(N)CC2.Cl. The van der Waals surface area contributed by atoms with Gasteiger partial charge in [-0.1, -0.05) is 13.8 Å². The van der Waals surface area contributed by atoms with Crippen molar-refractivity contribution in [3.8, 4) is 0 Å². The van der Waals surface area contributed by atoms with E-state index in [2.05, 4.69) is 0 Å². The number of halogens is 3. The van der Waals surface area contributed by atoms with Gasteiger partial charge in [-0.15, -0.1) is 12.4 Å². The fourth-order valence-corrected chi connectivity index (χ4v) is 3.40. The summed E-state index contributed by atoms with van der Waals surface area (Å²) >= 11 is 0. The van der Waals surface area contributed by atoms with Gasteiger partial charge in [-0.3, -0.25) is 0 Å². The van der Waals surface area contributed by atoms with E-state index in [9.17, 15) is 8.78 Å². The van der Waals surface area contributed by atoms with Crippen LogP contribution in [0.4, 0.5) is 8.78 Å². The van der Waals surface area contributed by atoms with Gasteiger partial charge in [0.15, 0.2) is 0 Å². The van der Waals surface area contributed by atoms with Crippen molar-refractivity contribution in [3.05, 3.63) is 0 Å². The van der Waals surface area contributed by atoms with Crippen molar-refractivity contribution in [2.24, 2.45) is 23.0 Å². The van der Waals surface area contributed by atoms with E-state index in [4.69, 9.17) is 5.73 Å². The van der Waals surface area contributed by atoms with Gasteiger partial charge in [0.2, 0.25) is 0 Å². The summed E-state index contributed by atoms with van der Waals surface area (Å²) in [5, 5.41) is 0. The van der Waals surface area contributed by atoms with Crippen LogP contribution in [0, 0.1) is 17.3 Å². The number of rotatable bonds is 1. The fourth-order valence-electron chi connectivity index (χ4n) is 3.40. The molecule has 1 nitrogen and oxygen atoms in total. The Morgan fingerprint density at radius 1 is 1.20 bits per heavy atom. The highest BCUT2D eigenvalue weighted by atomic mass is 35.5. The zero-order valence-corrected chi connectivity index (χ0v) is 10.1. The van der Waals surface area contributed by atoms with Crippen LogP contribution in [0.25, 0.3) is 0 Å². The van der Waals surface area contributed by atoms with Crippen molar-refractivity contribution < 1.29 is 8.78 Å². The van der Waals surface area contributed by atoms with Crippen LogP contribution in [0.1, 0.15) is 39.5 Å². The van der Waals surface area contributed by atoms with Crippen LogP contribution in [-0.4, -0.2) is 12.0 Å². The molecule has 0 saturated heterocycles. The van der Waals surface area contributed by atoms with Gasteiger partial charge in [-0.25, -0.2) is 8.78 Å². The molecule has 0 aromatic heterocycles. The van der Waals surface area contributed by atoms with Crippen LogP contribution in [0.15, 0.2) is 0 Å². The van der Waals surface area contributed by atoms with Gasteiger partial charge in [-0.2, -0.15) is 0 Å². The maximum atomic E-state index is 13.7. The van der Waals surface area contributed by atoms with Crippen LogP contribution in [0.2, 0.25) is 0 Å². The molecule has 1 unspecified atom stereocenters. The molecule has 2 rings (SSSR count). The Balaban J connectivity index is 0.00000112. The topological polar surface area (TPSA) is 26.0 Å². The molecule has 2 saturated carbocycles. The largest absolute Gasteiger partial charge is 0.328 e. The lowest BCUT2D eigenvalue weighted by Crippen LogP contribution is -2.30. The summed E-state index contributed by atoms with van der Waals surface area (Å²) in [6.07, 6.45) is 2.81. The first-order valence-electron chi connectivity index (χ1n) is 5.55. The Kier molecular flexibility index (Phi) is 3.38. The van der Waals surface area contributed by atoms with Gasteiger partial charge in [0, 0.05) is 17.4 Å². The molecule has 2 aliphatic rings. The molecule has 0 aromatic rings. The molecule has 0 heterocycles. The molecule has 2 N–H and O–H groups in total. The molecule has 1 spiro atoms. The standard InChI is InChI=1S/C11H19F2N.ClH/c1-7(2)9-10(11(9,12)13)5-3-8(14)4-6-10;/h7-9H,3-6,14H2,1-2H3;1H. The average molecular weight is 240 g/mol. The molecule has 2 fully saturated rings. The average Bonchev–Trinajstić information content (AvgIpc) is 2.54. The predicted molar refractivity (Wildman–Crippen MR) is 59.4 cm³/mol. The molecule has 15 heavy (non-hydrogen) atoms. The van der Waals surface area contributed by atoms with Gasteiger partial charge < -0.3 is 5.73 Å². The van der Waals surface area contributed by atoms with Gasteiger partial charge in [0.1, 0.15) is 0 Å². The minimum atomic E-state index is -2.42. The van der Waals surface area contributed by atoms with Crippen molar-refractivity contribution in [1.29, 1.82) is 0 Å². The van der Waals surface area contributed by atoms with Crippen molar-refractivity contribution in [3.63, 3.8) is 0 Å². The minimum Gasteiger partial charge on any atom is -0.328 e. The summed E-state index contributed by atoms with van der Waals surface area (Å²) in [6.45, 7) is 3.81. The van der Waals surface area contributed by atoms with Crippen molar-refractivity contribution in [1.82, 2.24) is 0 Å². The summed E-state index contributed by atoms with van der Waals surface area (Å²) in [7, 11) is 0. The molecule has 1 atom stereocenters. The lowest BCUT2D eigenvalue weighted by Gasteiger charge is -2.27. The van der Waals surface area contributed by atoms with E-state index < -0.39 is 11.3 Å². The molecular formula is C11H20ClF2N. The Labute approximate surface area is 96.2 Å². The predicted octanol–water partition coefficient (Wildman–Crippen LogP) is 3.22. The van der Waals surface area contributed by atoms with Crippen molar-refractivity contribution in [2.75, 3.05) is 0 Å². The second-order valence-electron chi connectivity index (χ2n) is 5.34. The van der Waals surface area contributed by atoms with Crippen LogP contribution >= 0.6 is 12.4 Å². The Hall–Kier alpha value is 0.110. The smallest absolute Gasteiger partial charge is 0.257 e. The van der Waals surface area contributed by atoms with Gasteiger partial charge >= 0.3 is 0 Å². The van der Waals surface area contributed by atoms with E-state index in [1.165, 1.54) is 0 Å². The molecule has 0 bridgehead atoms. The highest BCUT2D eigenvalue weighted by Gasteiger charge is 2.79. The van der Waals surface area contributed by atoms with Gasteiger partial charge in [-0.05, 0) is 31.6 Å². The molecule has 4 heteroatoms. The van der Waals surface area contributed by atoms with Crippen LogP contribution in [-0.2, 0) is 0 Å². The summed E-state index contributed by atoms with van der Waals surface area (Å²) in [6, 6.07) is 0.157. The van der Waals surface area contributed by atoms with E-state index in [1.54, 1.807) is 0 Å². The zero-order valence-electron chi connectivity index (χ0n) is 9.30. The Bertz CT molecular complexity index is 235. The molecule has 0 aliphatic heterocycles. The van der Waals surface area contributed by atoms with Crippen molar-refractivity contribution in [2.45, 2.75) is 51.5 Å². The third-order valence-electron chi connectivity index (χ3n) is 4.16. The second-order valence-corrected chi connectivity index (χ2v) is 5.34. The molecule has 0 radical (unpaired) electrons. The second kappa shape index (κ2) is 3.85. The number of nitrogens with two attached hydrogens (primary N) is 1. The summed E-state index contributed by atoms with van der Waals surface area (Å²) < 4.78 is 27.3. The maximum absolute atomic E-state index is 13.7. The third kappa shape index (κ3) is 1.68. The zero-order chi connectivity index (χ0) is 10.6. The lowest BCUT2D eigenvalue weighted by atomic mass is 9.80. The first-order chi connectivity index (χ1) is 6.42. The number of hydrogen-bond donors (Lipinski definition) is 1. The normalized spacial score (nSPS) is 42.8. The van der Waals surface area contributed by atoms with Gasteiger partial charge in [0.25, 0.3) is 5.92 Å². The van der Waals surface area contributed by atoms with E-state index in [-0.39, 0.29) is 30.3 Å². The quantitative estimate of drug-likeness (QED) is 0.747. The fraction of sp³-hybridized carbons (Fsp3) is 1.00. The van der Waals surface area contributed by atoms with E-state index in [0.717, 1.165) is 12.8 Å². The summed E-state index contributed by atoms with van der Waals surface area (Å²) in [5.74, 6) is -2.71. The lowest BCUT2D eigenvalue weighted by molar-refractivity contribution is 0.0398. The monoisotopic (exact) mass is 239 g/mol. The maximum Gasteiger partial charge on any atom is 0.257 e. The minimum absolute atomic E-state index is 0. The molecular weight excluding hydrogens is 220 g/mol. The number of hydrogen-bond acceptors (Lipinski definition) is 1. The van der Waals surface area contributed by atoms with Crippen molar-refractivity contribution >= 4 is 12.4 Å². The highest BCUT2D eigenvalue weighted by molar-refractivity contribution is 5.85. The first kappa shape index (κ1) is 13.2. The Morgan fingerprint density at radius 2 is 1.67 bits per heavy atom. The molecule has 0 amide bonds. The van der Waals surface area contributed by atoms with Crippen LogP contribution in [0.5, 0.6) is 0 Å². The molecule has 90 valence electrons. The molecule has 2 aliphatic carbocycles. The Morgan fingerprint density at radius 3 is 2.00 bits per heavy atom. The molecule has 0 aromatic carbocycles.